The molecule has 1 aliphatic rings. The Bertz CT molecular complexity index is 517. The molecule has 2 atom stereocenters. The molecule has 1 aromatic rings. The molecule has 7 nitrogen and oxygen atoms in total. The molecule has 2 rings (SSSR count). The maximum Gasteiger partial charge on any atom is 0.356 e. The Morgan fingerprint density at radius 1 is 1.47 bits per heavy atom. The molecule has 1 saturated heterocycles. The number of nitrogens with zero attached hydrogens (tertiary/aromatic N) is 2. The summed E-state index contributed by atoms with van der Waals surface area (Å²) in [5.41, 5.74) is 0.891. The first kappa shape index (κ1) is 13.3. The molecule has 0 spiro atoms. The van der Waals surface area contributed by atoms with Gasteiger partial charge >= 0.3 is 11.9 Å². The molecule has 102 valence electrons. The molecule has 7 heteroatoms. The second-order valence-corrected chi connectivity index (χ2v) is 4.14. The highest BCUT2D eigenvalue weighted by molar-refractivity contribution is 5.87. The minimum Gasteiger partial charge on any atom is -0.481 e. The number of aromatic nitrogens is 1. The van der Waals surface area contributed by atoms with E-state index in [9.17, 15) is 9.59 Å². The third kappa shape index (κ3) is 2.82. The Balaban J connectivity index is 2.13. The number of methoxy groups -OCH3 is 2. The fourth-order valence-corrected chi connectivity index (χ4v) is 1.79. The van der Waals surface area contributed by atoms with Crippen molar-refractivity contribution >= 4 is 11.9 Å². The molecule has 1 aliphatic heterocycles. The minimum atomic E-state index is -0.835. The number of hydrogen-bond donors (Lipinski definition) is 1. The maximum atomic E-state index is 11.3. The van der Waals surface area contributed by atoms with Crippen molar-refractivity contribution in [3.8, 4) is 5.88 Å². The van der Waals surface area contributed by atoms with Gasteiger partial charge < -0.3 is 14.6 Å². The van der Waals surface area contributed by atoms with Gasteiger partial charge in [-0.1, -0.05) is 0 Å². The fourth-order valence-electron chi connectivity index (χ4n) is 1.79. The molecular weight excluding hydrogens is 252 g/mol. The van der Waals surface area contributed by atoms with Gasteiger partial charge in [-0.25, -0.2) is 9.78 Å². The molecule has 0 saturated carbocycles. The van der Waals surface area contributed by atoms with Gasteiger partial charge in [0.05, 0.1) is 14.2 Å². The monoisotopic (exact) mass is 266 g/mol. The maximum absolute atomic E-state index is 11.3. The van der Waals surface area contributed by atoms with E-state index in [1.54, 1.807) is 11.0 Å². The molecule has 0 radical (unpaired) electrons. The molecule has 0 aromatic carbocycles. The second-order valence-electron chi connectivity index (χ2n) is 4.14. The number of carbonyl (C=O) groups is 2. The summed E-state index contributed by atoms with van der Waals surface area (Å²) >= 11 is 0. The summed E-state index contributed by atoms with van der Waals surface area (Å²) in [5, 5.41) is 8.83. The first-order valence-electron chi connectivity index (χ1n) is 5.66. The van der Waals surface area contributed by atoms with E-state index in [1.165, 1.54) is 20.3 Å². The molecule has 0 amide bonds. The third-order valence-electron chi connectivity index (χ3n) is 2.90. The summed E-state index contributed by atoms with van der Waals surface area (Å²) in [6.07, 6.45) is 0. The summed E-state index contributed by atoms with van der Waals surface area (Å²) in [6, 6.07) is 2.78. The van der Waals surface area contributed by atoms with Gasteiger partial charge in [-0.05, 0) is 12.1 Å². The largest absolute Gasteiger partial charge is 0.481 e. The second kappa shape index (κ2) is 5.23. The lowest BCUT2D eigenvalue weighted by molar-refractivity contribution is -0.137. The van der Waals surface area contributed by atoms with E-state index in [2.05, 4.69) is 9.72 Å². The first-order valence-corrected chi connectivity index (χ1v) is 5.66. The molecule has 2 heterocycles. The summed E-state index contributed by atoms with van der Waals surface area (Å²) in [5.74, 6) is -1.07. The lowest BCUT2D eigenvalue weighted by atomic mass is 10.2. The van der Waals surface area contributed by atoms with Crippen LogP contribution < -0.4 is 4.74 Å². The highest BCUT2D eigenvalue weighted by Gasteiger charge is 2.40. The van der Waals surface area contributed by atoms with Gasteiger partial charge in [0.2, 0.25) is 5.88 Å². The van der Waals surface area contributed by atoms with E-state index in [0.717, 1.165) is 5.56 Å². The number of hydrogen-bond acceptors (Lipinski definition) is 6. The molecule has 0 bridgehead atoms. The van der Waals surface area contributed by atoms with Crippen LogP contribution in [0.3, 0.4) is 0 Å². The van der Waals surface area contributed by atoms with Crippen LogP contribution in [0, 0.1) is 0 Å². The van der Waals surface area contributed by atoms with E-state index in [4.69, 9.17) is 9.84 Å². The summed E-state index contributed by atoms with van der Waals surface area (Å²) < 4.78 is 9.68. The van der Waals surface area contributed by atoms with Crippen LogP contribution in [-0.4, -0.2) is 53.7 Å². The minimum absolute atomic E-state index is 0.156. The predicted molar refractivity (Wildman–Crippen MR) is 64.0 cm³/mol. The van der Waals surface area contributed by atoms with Crippen molar-refractivity contribution in [3.63, 3.8) is 0 Å². The number of aliphatic carboxylic acids is 1. The van der Waals surface area contributed by atoms with Crippen LogP contribution in [0.15, 0.2) is 12.1 Å². The number of carboxylic acid groups (broad SMARTS) is 1. The van der Waals surface area contributed by atoms with Crippen molar-refractivity contribution in [1.29, 1.82) is 0 Å². The zero-order valence-corrected chi connectivity index (χ0v) is 10.6. The van der Waals surface area contributed by atoms with E-state index >= 15 is 0 Å². The highest BCUT2D eigenvalue weighted by Crippen LogP contribution is 2.25. The lowest BCUT2D eigenvalue weighted by Crippen LogP contribution is -2.13. The molecule has 2 unspecified atom stereocenters. The van der Waals surface area contributed by atoms with Crippen molar-refractivity contribution in [2.24, 2.45) is 0 Å². The van der Waals surface area contributed by atoms with Crippen LogP contribution in [0.2, 0.25) is 0 Å². The van der Waals surface area contributed by atoms with E-state index in [-0.39, 0.29) is 5.69 Å². The number of carboxylic acids is 1. The predicted octanol–water partition coefficient (Wildman–Crippen LogP) is 0.146. The molecule has 1 fully saturated rings. The van der Waals surface area contributed by atoms with Crippen LogP contribution >= 0.6 is 0 Å². The van der Waals surface area contributed by atoms with Gasteiger partial charge in [0.25, 0.3) is 0 Å². The topological polar surface area (TPSA) is 88.7 Å². The number of pyridine rings is 1. The van der Waals surface area contributed by atoms with Crippen molar-refractivity contribution in [1.82, 2.24) is 9.88 Å². The fraction of sp³-hybridized carbons (Fsp3) is 0.417. The number of ether oxygens (including phenoxy) is 2. The van der Waals surface area contributed by atoms with Gasteiger partial charge in [-0.15, -0.1) is 0 Å². The average molecular weight is 266 g/mol. The zero-order chi connectivity index (χ0) is 14.0. The standard InChI is InChI=1S/C12H14N2O5/c1-18-10-7(5-14-6-9(14)11(15)16)3-4-8(13-10)12(17)19-2/h3-4,9H,5-6H2,1-2H3,(H,15,16). The third-order valence-corrected chi connectivity index (χ3v) is 2.90. The quantitative estimate of drug-likeness (QED) is 0.599. The van der Waals surface area contributed by atoms with E-state index < -0.39 is 18.0 Å². The molecule has 1 aromatic heterocycles. The Morgan fingerprint density at radius 3 is 2.74 bits per heavy atom. The van der Waals surface area contributed by atoms with Crippen LogP contribution in [-0.2, 0) is 16.1 Å². The van der Waals surface area contributed by atoms with Crippen LogP contribution in [0.25, 0.3) is 0 Å². The van der Waals surface area contributed by atoms with Gasteiger partial charge in [0, 0.05) is 18.7 Å². The van der Waals surface area contributed by atoms with Gasteiger partial charge in [-0.2, -0.15) is 0 Å². The van der Waals surface area contributed by atoms with Gasteiger partial charge in [0.15, 0.2) is 5.69 Å². The van der Waals surface area contributed by atoms with Gasteiger partial charge in [0.1, 0.15) is 6.04 Å². The normalized spacial score (nSPS) is 20.7. The highest BCUT2D eigenvalue weighted by atomic mass is 16.5. The van der Waals surface area contributed by atoms with Crippen LogP contribution in [0.4, 0.5) is 0 Å². The SMILES string of the molecule is COC(=O)c1ccc(CN2CC2C(=O)O)c(OC)n1. The summed E-state index contributed by atoms with van der Waals surface area (Å²) in [6.45, 7) is 0.936. The van der Waals surface area contributed by atoms with Crippen molar-refractivity contribution in [2.75, 3.05) is 20.8 Å². The lowest BCUT2D eigenvalue weighted by Gasteiger charge is -2.09. The average Bonchev–Trinajstić information content (AvgIpc) is 3.17. The molecular formula is C12H14N2O5. The number of esters is 1. The Morgan fingerprint density at radius 2 is 2.21 bits per heavy atom. The van der Waals surface area contributed by atoms with Crippen molar-refractivity contribution < 1.29 is 24.2 Å². The Kier molecular flexibility index (Phi) is 3.66. The molecule has 19 heavy (non-hydrogen) atoms. The van der Waals surface area contributed by atoms with Gasteiger partial charge in [-0.3, -0.25) is 9.69 Å². The van der Waals surface area contributed by atoms with Crippen molar-refractivity contribution in [2.45, 2.75) is 12.6 Å². The molecule has 1 N–H and O–H groups in total. The molecule has 0 aliphatic carbocycles. The Hall–Kier alpha value is -2.15. The van der Waals surface area contributed by atoms with Crippen molar-refractivity contribution in [3.05, 3.63) is 23.4 Å². The zero-order valence-electron chi connectivity index (χ0n) is 10.6. The number of carbonyl (C=O) groups excluding carboxylic acids is 1. The summed E-state index contributed by atoms with van der Waals surface area (Å²) in [7, 11) is 2.72. The van der Waals surface area contributed by atoms with E-state index in [0.29, 0.717) is 19.0 Å². The van der Waals surface area contributed by atoms with E-state index in [1.807, 2.05) is 0 Å². The van der Waals surface area contributed by atoms with Crippen LogP contribution in [0.5, 0.6) is 5.88 Å². The first-order chi connectivity index (χ1) is 9.06. The summed E-state index contributed by atoms with van der Waals surface area (Å²) in [4.78, 5) is 27.9. The van der Waals surface area contributed by atoms with Crippen LogP contribution in [0.1, 0.15) is 16.1 Å². The number of rotatable bonds is 5. The smallest absolute Gasteiger partial charge is 0.356 e. The Labute approximate surface area is 109 Å².